The first-order valence-electron chi connectivity index (χ1n) is 6.82. The first-order valence-corrected chi connectivity index (χ1v) is 6.82. The Kier molecular flexibility index (Phi) is 5.20. The summed E-state index contributed by atoms with van der Waals surface area (Å²) in [6, 6.07) is 9.18. The number of nitrogens with zero attached hydrogens (tertiary/aromatic N) is 2. The molecule has 1 saturated heterocycles. The van der Waals surface area contributed by atoms with Gasteiger partial charge in [-0.05, 0) is 38.1 Å². The van der Waals surface area contributed by atoms with E-state index in [0.717, 1.165) is 13.1 Å². The van der Waals surface area contributed by atoms with E-state index in [1.54, 1.807) is 18.2 Å². The number of para-hydroxylation sites is 1. The van der Waals surface area contributed by atoms with E-state index in [1.807, 2.05) is 6.07 Å². The number of hydrogen-bond donors (Lipinski definition) is 1. The maximum absolute atomic E-state index is 9.98. The Morgan fingerprint density at radius 2 is 2.00 bits per heavy atom. The second-order valence-electron chi connectivity index (χ2n) is 4.93. The minimum Gasteiger partial charge on any atom is -0.489 e. The van der Waals surface area contributed by atoms with Gasteiger partial charge in [-0.25, -0.2) is 0 Å². The Bertz CT molecular complexity index is 436. The molecule has 4 heteroatoms. The highest BCUT2D eigenvalue weighted by molar-refractivity contribution is 5.42. The summed E-state index contributed by atoms with van der Waals surface area (Å²) in [5, 5.41) is 18.9. The predicted octanol–water partition coefficient (Wildman–Crippen LogP) is 1.78. The molecule has 102 valence electrons. The molecule has 1 aliphatic rings. The van der Waals surface area contributed by atoms with Gasteiger partial charge in [-0.1, -0.05) is 18.6 Å². The van der Waals surface area contributed by atoms with Crippen molar-refractivity contribution < 1.29 is 9.84 Å². The highest BCUT2D eigenvalue weighted by Gasteiger charge is 2.15. The van der Waals surface area contributed by atoms with Crippen LogP contribution in [0.4, 0.5) is 0 Å². The molecule has 1 heterocycles. The van der Waals surface area contributed by atoms with Crippen molar-refractivity contribution in [1.82, 2.24) is 4.90 Å². The Hall–Kier alpha value is -1.57. The van der Waals surface area contributed by atoms with E-state index in [9.17, 15) is 5.11 Å². The maximum atomic E-state index is 9.98. The molecule has 1 unspecified atom stereocenters. The number of β-amino-alcohol motifs (C(OH)–C–C–N with tert-alkyl or cyclic N) is 1. The van der Waals surface area contributed by atoms with E-state index < -0.39 is 6.10 Å². The fourth-order valence-corrected chi connectivity index (χ4v) is 2.36. The molecule has 1 aromatic rings. The molecule has 0 spiro atoms. The minimum atomic E-state index is -0.509. The van der Waals surface area contributed by atoms with Crippen LogP contribution >= 0.6 is 0 Å². The first kappa shape index (κ1) is 13.9. The van der Waals surface area contributed by atoms with Gasteiger partial charge in [-0.15, -0.1) is 0 Å². The van der Waals surface area contributed by atoms with E-state index >= 15 is 0 Å². The van der Waals surface area contributed by atoms with Crippen molar-refractivity contribution in [3.05, 3.63) is 29.8 Å². The van der Waals surface area contributed by atoms with Crippen molar-refractivity contribution in [3.63, 3.8) is 0 Å². The molecule has 1 aromatic carbocycles. The van der Waals surface area contributed by atoms with Crippen LogP contribution in [0.5, 0.6) is 5.75 Å². The summed E-state index contributed by atoms with van der Waals surface area (Å²) >= 11 is 0. The molecule has 0 aliphatic carbocycles. The van der Waals surface area contributed by atoms with Gasteiger partial charge in [0.15, 0.2) is 0 Å². The summed E-state index contributed by atoms with van der Waals surface area (Å²) in [4.78, 5) is 2.27. The lowest BCUT2D eigenvalue weighted by Gasteiger charge is -2.28. The molecule has 0 saturated carbocycles. The van der Waals surface area contributed by atoms with E-state index in [0.29, 0.717) is 17.9 Å². The standard InChI is InChI=1S/C15H20N2O2/c16-10-13-6-2-3-7-15(13)19-12-14(18)11-17-8-4-1-5-9-17/h2-3,6-7,14,18H,1,4-5,8-9,11-12H2. The van der Waals surface area contributed by atoms with Crippen LogP contribution in [0.15, 0.2) is 24.3 Å². The molecule has 19 heavy (non-hydrogen) atoms. The lowest BCUT2D eigenvalue weighted by molar-refractivity contribution is 0.0616. The highest BCUT2D eigenvalue weighted by atomic mass is 16.5. The fraction of sp³-hybridized carbons (Fsp3) is 0.533. The number of benzene rings is 1. The normalized spacial score (nSPS) is 17.7. The first-order chi connectivity index (χ1) is 9.29. The van der Waals surface area contributed by atoms with E-state index in [1.165, 1.54) is 19.3 Å². The molecule has 1 atom stereocenters. The summed E-state index contributed by atoms with van der Waals surface area (Å²) < 4.78 is 5.53. The molecule has 1 N–H and O–H groups in total. The van der Waals surface area contributed by atoms with Gasteiger partial charge in [0.2, 0.25) is 0 Å². The SMILES string of the molecule is N#Cc1ccccc1OCC(O)CN1CCCCC1. The molecule has 0 aromatic heterocycles. The maximum Gasteiger partial charge on any atom is 0.137 e. The number of aliphatic hydroxyl groups is 1. The van der Waals surface area contributed by atoms with Gasteiger partial charge in [0.05, 0.1) is 5.56 Å². The fourth-order valence-electron chi connectivity index (χ4n) is 2.36. The molecule has 0 bridgehead atoms. The number of likely N-dealkylation sites (tertiary alicyclic amines) is 1. The molecule has 1 fully saturated rings. The van der Waals surface area contributed by atoms with Crippen molar-refractivity contribution in [1.29, 1.82) is 5.26 Å². The van der Waals surface area contributed by atoms with Gasteiger partial charge >= 0.3 is 0 Å². The quantitative estimate of drug-likeness (QED) is 0.877. The Morgan fingerprint density at radius 3 is 2.74 bits per heavy atom. The van der Waals surface area contributed by atoms with Crippen LogP contribution in [-0.4, -0.2) is 42.4 Å². The molecule has 0 radical (unpaired) electrons. The van der Waals surface area contributed by atoms with Crippen LogP contribution in [0, 0.1) is 11.3 Å². The van der Waals surface area contributed by atoms with Crippen LogP contribution in [0.1, 0.15) is 24.8 Å². The zero-order valence-corrected chi connectivity index (χ0v) is 11.1. The summed E-state index contributed by atoms with van der Waals surface area (Å²) in [6.45, 7) is 3.00. The topological polar surface area (TPSA) is 56.5 Å². The third-order valence-corrected chi connectivity index (χ3v) is 3.36. The van der Waals surface area contributed by atoms with E-state index in [4.69, 9.17) is 10.00 Å². The Balaban J connectivity index is 1.79. The number of rotatable bonds is 5. The zero-order valence-electron chi connectivity index (χ0n) is 11.1. The molecular weight excluding hydrogens is 240 g/mol. The largest absolute Gasteiger partial charge is 0.489 e. The van der Waals surface area contributed by atoms with E-state index in [2.05, 4.69) is 11.0 Å². The van der Waals surface area contributed by atoms with Crippen LogP contribution < -0.4 is 4.74 Å². The van der Waals surface area contributed by atoms with Gasteiger partial charge < -0.3 is 14.7 Å². The van der Waals surface area contributed by atoms with Gasteiger partial charge in [-0.2, -0.15) is 5.26 Å². The summed E-state index contributed by atoms with van der Waals surface area (Å²) in [5.74, 6) is 0.544. The van der Waals surface area contributed by atoms with Gasteiger partial charge in [-0.3, -0.25) is 0 Å². The van der Waals surface area contributed by atoms with Crippen LogP contribution in [0.25, 0.3) is 0 Å². The number of aliphatic hydroxyl groups excluding tert-OH is 1. The van der Waals surface area contributed by atoms with Crippen molar-refractivity contribution in [2.24, 2.45) is 0 Å². The molecule has 4 nitrogen and oxygen atoms in total. The molecular formula is C15H20N2O2. The number of nitriles is 1. The van der Waals surface area contributed by atoms with Gasteiger partial charge in [0.25, 0.3) is 0 Å². The Morgan fingerprint density at radius 1 is 1.26 bits per heavy atom. The van der Waals surface area contributed by atoms with Gasteiger partial charge in [0, 0.05) is 6.54 Å². The van der Waals surface area contributed by atoms with Crippen LogP contribution in [0.2, 0.25) is 0 Å². The van der Waals surface area contributed by atoms with Crippen molar-refractivity contribution in [2.75, 3.05) is 26.2 Å². The number of hydrogen-bond acceptors (Lipinski definition) is 4. The van der Waals surface area contributed by atoms with Crippen LogP contribution in [0.3, 0.4) is 0 Å². The average Bonchev–Trinajstić information content (AvgIpc) is 2.46. The second kappa shape index (κ2) is 7.13. The monoisotopic (exact) mass is 260 g/mol. The minimum absolute atomic E-state index is 0.231. The molecule has 2 rings (SSSR count). The van der Waals surface area contributed by atoms with Gasteiger partial charge in [0.1, 0.15) is 24.5 Å². The lowest BCUT2D eigenvalue weighted by atomic mass is 10.1. The smallest absolute Gasteiger partial charge is 0.137 e. The van der Waals surface area contributed by atoms with Crippen LogP contribution in [-0.2, 0) is 0 Å². The molecule has 1 aliphatic heterocycles. The molecule has 0 amide bonds. The van der Waals surface area contributed by atoms with Crippen molar-refractivity contribution >= 4 is 0 Å². The summed E-state index contributed by atoms with van der Waals surface area (Å²) in [5.41, 5.74) is 0.507. The predicted molar refractivity (Wildman–Crippen MR) is 72.9 cm³/mol. The summed E-state index contributed by atoms with van der Waals surface area (Å²) in [7, 11) is 0. The number of piperidine rings is 1. The number of ether oxygens (including phenoxy) is 1. The highest BCUT2D eigenvalue weighted by Crippen LogP contribution is 2.17. The lowest BCUT2D eigenvalue weighted by Crippen LogP contribution is -2.38. The van der Waals surface area contributed by atoms with Crippen molar-refractivity contribution in [3.8, 4) is 11.8 Å². The van der Waals surface area contributed by atoms with Crippen molar-refractivity contribution in [2.45, 2.75) is 25.4 Å². The zero-order chi connectivity index (χ0) is 13.5. The Labute approximate surface area is 114 Å². The second-order valence-corrected chi connectivity index (χ2v) is 4.93. The third-order valence-electron chi connectivity index (χ3n) is 3.36. The van der Waals surface area contributed by atoms with E-state index in [-0.39, 0.29) is 6.61 Å². The summed E-state index contributed by atoms with van der Waals surface area (Å²) in [6.07, 6.45) is 3.21. The average molecular weight is 260 g/mol. The third kappa shape index (κ3) is 4.23.